The van der Waals surface area contributed by atoms with E-state index in [2.05, 4.69) is 20.9 Å². The molecule has 2 rings (SSSR count). The molecular weight excluding hydrogens is 366 g/mol. The number of aromatic nitrogens is 1. The topological polar surface area (TPSA) is 77.7 Å². The molecule has 0 saturated heterocycles. The van der Waals surface area contributed by atoms with E-state index in [1.54, 1.807) is 14.2 Å². The van der Waals surface area contributed by atoms with Crippen molar-refractivity contribution in [3.8, 4) is 0 Å². The maximum atomic E-state index is 11.5. The van der Waals surface area contributed by atoms with E-state index in [9.17, 15) is 10.1 Å². The van der Waals surface area contributed by atoms with Gasteiger partial charge in [0.05, 0.1) is 23.7 Å². The van der Waals surface area contributed by atoms with Crippen molar-refractivity contribution in [1.29, 1.82) is 0 Å². The van der Waals surface area contributed by atoms with Crippen molar-refractivity contribution in [1.82, 2.24) is 4.98 Å². The summed E-state index contributed by atoms with van der Waals surface area (Å²) >= 11 is 3.42. The Labute approximate surface area is 142 Å². The minimum atomic E-state index is -0.407. The van der Waals surface area contributed by atoms with Gasteiger partial charge >= 0.3 is 5.69 Å². The van der Waals surface area contributed by atoms with Crippen LogP contribution in [0.3, 0.4) is 0 Å². The quantitative estimate of drug-likeness (QED) is 0.514. The lowest BCUT2D eigenvalue weighted by molar-refractivity contribution is -0.384. The first kappa shape index (κ1) is 17.6. The smallest absolute Gasteiger partial charge is 0.311 e. The maximum absolute atomic E-state index is 11.5. The molecular formula is C15H18BrN3O4. The highest BCUT2D eigenvalue weighted by atomic mass is 79.9. The summed E-state index contributed by atoms with van der Waals surface area (Å²) in [5.41, 5.74) is 1.21. The minimum Gasteiger partial charge on any atom is -0.383 e. The lowest BCUT2D eigenvalue weighted by Crippen LogP contribution is -2.31. The molecule has 0 aliphatic rings. The van der Waals surface area contributed by atoms with Crippen molar-refractivity contribution in [3.05, 3.63) is 39.0 Å². The molecule has 0 spiro atoms. The van der Waals surface area contributed by atoms with Gasteiger partial charge in [0, 0.05) is 37.2 Å². The summed E-state index contributed by atoms with van der Waals surface area (Å²) in [6.45, 7) is 1.95. The highest BCUT2D eigenvalue weighted by molar-refractivity contribution is 9.10. The molecule has 1 aromatic carbocycles. The maximum Gasteiger partial charge on any atom is 0.311 e. The average molecular weight is 384 g/mol. The predicted molar refractivity (Wildman–Crippen MR) is 92.1 cm³/mol. The molecule has 1 aromatic heterocycles. The summed E-state index contributed by atoms with van der Waals surface area (Å²) in [4.78, 5) is 17.2. The second-order valence-corrected chi connectivity index (χ2v) is 5.80. The van der Waals surface area contributed by atoms with Gasteiger partial charge in [-0.1, -0.05) is 15.9 Å². The van der Waals surface area contributed by atoms with Crippen LogP contribution in [0.5, 0.6) is 0 Å². The third kappa shape index (κ3) is 4.15. The van der Waals surface area contributed by atoms with Gasteiger partial charge in [-0.25, -0.2) is 4.98 Å². The molecule has 7 nitrogen and oxygen atoms in total. The molecule has 0 atom stereocenters. The fourth-order valence-electron chi connectivity index (χ4n) is 2.34. The van der Waals surface area contributed by atoms with Crippen LogP contribution in [0.2, 0.25) is 0 Å². The number of hydrogen-bond donors (Lipinski definition) is 0. The number of ether oxygens (including phenoxy) is 2. The van der Waals surface area contributed by atoms with Crippen LogP contribution in [0.4, 0.5) is 11.4 Å². The van der Waals surface area contributed by atoms with E-state index in [1.807, 2.05) is 23.1 Å². The Bertz CT molecular complexity index is 688. The Morgan fingerprint density at radius 2 is 1.91 bits per heavy atom. The van der Waals surface area contributed by atoms with Crippen LogP contribution in [-0.4, -0.2) is 50.4 Å². The Kier molecular flexibility index (Phi) is 6.26. The highest BCUT2D eigenvalue weighted by Crippen LogP contribution is 2.36. The first-order chi connectivity index (χ1) is 11.1. The van der Waals surface area contributed by atoms with Gasteiger partial charge in [-0.05, 0) is 18.2 Å². The van der Waals surface area contributed by atoms with Gasteiger partial charge < -0.3 is 14.4 Å². The zero-order valence-corrected chi connectivity index (χ0v) is 14.6. The van der Waals surface area contributed by atoms with E-state index in [0.717, 1.165) is 9.86 Å². The molecule has 8 heteroatoms. The van der Waals surface area contributed by atoms with Crippen molar-refractivity contribution in [2.45, 2.75) is 0 Å². The number of benzene rings is 1. The molecule has 0 aliphatic carbocycles. The third-order valence-electron chi connectivity index (χ3n) is 3.43. The van der Waals surface area contributed by atoms with E-state index in [0.29, 0.717) is 37.5 Å². The lowest BCUT2D eigenvalue weighted by Gasteiger charge is -2.25. The first-order valence-electron chi connectivity index (χ1n) is 7.04. The van der Waals surface area contributed by atoms with Crippen LogP contribution in [0, 0.1) is 10.1 Å². The van der Waals surface area contributed by atoms with Gasteiger partial charge in [0.25, 0.3) is 0 Å². The molecule has 2 aromatic rings. The monoisotopic (exact) mass is 383 g/mol. The molecule has 0 bridgehead atoms. The summed E-state index contributed by atoms with van der Waals surface area (Å²) < 4.78 is 11.1. The predicted octanol–water partition coefficient (Wildman–Crippen LogP) is 3.00. The Morgan fingerprint density at radius 3 is 2.48 bits per heavy atom. The molecule has 0 N–H and O–H groups in total. The molecule has 0 unspecified atom stereocenters. The van der Waals surface area contributed by atoms with Crippen molar-refractivity contribution in [2.75, 3.05) is 45.4 Å². The van der Waals surface area contributed by atoms with Gasteiger partial charge in [0.15, 0.2) is 0 Å². The number of fused-ring (bicyclic) bond motifs is 1. The first-order valence-corrected chi connectivity index (χ1v) is 7.83. The van der Waals surface area contributed by atoms with Crippen molar-refractivity contribution < 1.29 is 14.4 Å². The minimum absolute atomic E-state index is 0.0252. The molecule has 0 radical (unpaired) electrons. The lowest BCUT2D eigenvalue weighted by atomic mass is 10.1. The second kappa shape index (κ2) is 8.19. The summed E-state index contributed by atoms with van der Waals surface area (Å²) in [5, 5.41) is 12.2. The number of rotatable bonds is 8. The normalized spacial score (nSPS) is 10.9. The van der Waals surface area contributed by atoms with Crippen LogP contribution >= 0.6 is 15.9 Å². The standard InChI is InChI=1S/C15H18BrN3O4/c1-22-7-5-18(6-8-23-2)15-12-9-11(16)3-4-13(12)17-10-14(15)19(20)21/h3-4,9-10H,5-8H2,1-2H3. The zero-order valence-electron chi connectivity index (χ0n) is 13.0. The number of nitro groups is 1. The van der Waals surface area contributed by atoms with Gasteiger partial charge in [-0.3, -0.25) is 10.1 Å². The van der Waals surface area contributed by atoms with Crippen LogP contribution in [0.1, 0.15) is 0 Å². The third-order valence-corrected chi connectivity index (χ3v) is 3.92. The number of pyridine rings is 1. The largest absolute Gasteiger partial charge is 0.383 e. The van der Waals surface area contributed by atoms with Crippen LogP contribution in [-0.2, 0) is 9.47 Å². The fraction of sp³-hybridized carbons (Fsp3) is 0.400. The summed E-state index contributed by atoms with van der Waals surface area (Å²) in [5.74, 6) is 0. The summed E-state index contributed by atoms with van der Waals surface area (Å²) in [6, 6.07) is 5.54. The molecule has 23 heavy (non-hydrogen) atoms. The number of hydrogen-bond acceptors (Lipinski definition) is 6. The number of anilines is 1. The summed E-state index contributed by atoms with van der Waals surface area (Å²) in [7, 11) is 3.20. The average Bonchev–Trinajstić information content (AvgIpc) is 2.54. The second-order valence-electron chi connectivity index (χ2n) is 4.88. The molecule has 124 valence electrons. The Hall–Kier alpha value is -1.77. The van der Waals surface area contributed by atoms with Crippen LogP contribution in [0.15, 0.2) is 28.9 Å². The van der Waals surface area contributed by atoms with Crippen molar-refractivity contribution in [2.24, 2.45) is 0 Å². The fourth-order valence-corrected chi connectivity index (χ4v) is 2.71. The van der Waals surface area contributed by atoms with E-state index in [1.165, 1.54) is 6.20 Å². The van der Waals surface area contributed by atoms with E-state index < -0.39 is 4.92 Å². The molecule has 1 heterocycles. The number of methoxy groups -OCH3 is 2. The SMILES string of the molecule is COCCN(CCOC)c1c([N+](=O)[O-])cnc2ccc(Br)cc12. The highest BCUT2D eigenvalue weighted by Gasteiger charge is 2.23. The number of nitrogens with zero attached hydrogens (tertiary/aromatic N) is 3. The molecule has 0 saturated carbocycles. The van der Waals surface area contributed by atoms with Gasteiger partial charge in [-0.2, -0.15) is 0 Å². The van der Waals surface area contributed by atoms with Gasteiger partial charge in [-0.15, -0.1) is 0 Å². The van der Waals surface area contributed by atoms with E-state index >= 15 is 0 Å². The van der Waals surface area contributed by atoms with Gasteiger partial charge in [0.1, 0.15) is 11.9 Å². The van der Waals surface area contributed by atoms with Crippen molar-refractivity contribution >= 4 is 38.2 Å². The van der Waals surface area contributed by atoms with E-state index in [-0.39, 0.29) is 5.69 Å². The molecule has 0 amide bonds. The molecule has 0 aliphatic heterocycles. The zero-order chi connectivity index (χ0) is 16.8. The molecule has 0 fully saturated rings. The van der Waals surface area contributed by atoms with Crippen LogP contribution in [0.25, 0.3) is 10.9 Å². The van der Waals surface area contributed by atoms with E-state index in [4.69, 9.17) is 9.47 Å². The Balaban J connectivity index is 2.61. The van der Waals surface area contributed by atoms with Crippen LogP contribution < -0.4 is 4.90 Å². The summed E-state index contributed by atoms with van der Waals surface area (Å²) in [6.07, 6.45) is 1.30. The Morgan fingerprint density at radius 1 is 1.26 bits per heavy atom. The number of halogens is 1. The van der Waals surface area contributed by atoms with Crippen molar-refractivity contribution in [3.63, 3.8) is 0 Å². The van der Waals surface area contributed by atoms with Gasteiger partial charge in [0.2, 0.25) is 0 Å².